The average Bonchev–Trinajstić information content (AvgIpc) is 2.59. The van der Waals surface area contributed by atoms with Gasteiger partial charge in [0.1, 0.15) is 5.75 Å². The van der Waals surface area contributed by atoms with Crippen molar-refractivity contribution in [2.45, 2.75) is 31.8 Å². The van der Waals surface area contributed by atoms with E-state index in [9.17, 15) is 4.79 Å². The monoisotopic (exact) mass is 296 g/mol. The Morgan fingerprint density at radius 2 is 1.73 bits per heavy atom. The van der Waals surface area contributed by atoms with Gasteiger partial charge in [-0.3, -0.25) is 0 Å². The summed E-state index contributed by atoms with van der Waals surface area (Å²) in [5.41, 5.74) is 3.53. The van der Waals surface area contributed by atoms with Gasteiger partial charge >= 0.3 is 5.97 Å². The smallest absolute Gasteiger partial charge is 0.351 e. The highest BCUT2D eigenvalue weighted by atomic mass is 16.6. The lowest BCUT2D eigenvalue weighted by Gasteiger charge is -2.20. The summed E-state index contributed by atoms with van der Waals surface area (Å²) < 4.78 is 10.8. The fourth-order valence-corrected chi connectivity index (χ4v) is 2.91. The molecule has 3 rings (SSSR count). The number of fused-ring (bicyclic) bond motifs is 1. The van der Waals surface area contributed by atoms with Crippen LogP contribution in [0.1, 0.15) is 35.6 Å². The molecule has 2 aromatic carbocycles. The van der Waals surface area contributed by atoms with Crippen LogP contribution in [0.5, 0.6) is 5.75 Å². The number of methoxy groups -OCH3 is 1. The van der Waals surface area contributed by atoms with Gasteiger partial charge in [0, 0.05) is 5.56 Å². The predicted molar refractivity (Wildman–Crippen MR) is 84.9 cm³/mol. The third kappa shape index (κ3) is 3.14. The minimum absolute atomic E-state index is 0.385. The molecule has 0 aliphatic heterocycles. The standard InChI is InChI=1S/C19H20O3/c1-21-19(20)18(15-8-3-2-4-9-15)22-17-12-11-14-7-5-6-10-16(14)13-17/h2-4,8-9,11-13,18H,5-7,10H2,1H3. The highest BCUT2D eigenvalue weighted by molar-refractivity contribution is 5.76. The number of hydrogen-bond acceptors (Lipinski definition) is 3. The summed E-state index contributed by atoms with van der Waals surface area (Å²) in [5, 5.41) is 0. The molecular formula is C19H20O3. The van der Waals surface area contributed by atoms with Crippen LogP contribution in [0.2, 0.25) is 0 Å². The summed E-state index contributed by atoms with van der Waals surface area (Å²) in [5.74, 6) is 0.337. The van der Waals surface area contributed by atoms with Crippen molar-refractivity contribution in [1.29, 1.82) is 0 Å². The van der Waals surface area contributed by atoms with Crippen molar-refractivity contribution < 1.29 is 14.3 Å². The lowest BCUT2D eigenvalue weighted by atomic mass is 9.92. The molecule has 1 aliphatic rings. The van der Waals surface area contributed by atoms with Gasteiger partial charge in [-0.15, -0.1) is 0 Å². The zero-order valence-corrected chi connectivity index (χ0v) is 12.7. The third-order valence-corrected chi connectivity index (χ3v) is 4.09. The van der Waals surface area contributed by atoms with Crippen LogP contribution in [-0.2, 0) is 22.4 Å². The van der Waals surface area contributed by atoms with E-state index in [0.29, 0.717) is 0 Å². The van der Waals surface area contributed by atoms with Gasteiger partial charge in [0.15, 0.2) is 0 Å². The minimum Gasteiger partial charge on any atom is -0.474 e. The molecule has 0 heterocycles. The van der Waals surface area contributed by atoms with Crippen molar-refractivity contribution in [1.82, 2.24) is 0 Å². The molecule has 3 heteroatoms. The minimum atomic E-state index is -0.729. The molecule has 0 amide bonds. The molecular weight excluding hydrogens is 276 g/mol. The molecule has 0 saturated carbocycles. The fraction of sp³-hybridized carbons (Fsp3) is 0.316. The Labute approximate surface area is 130 Å². The van der Waals surface area contributed by atoms with Gasteiger partial charge < -0.3 is 9.47 Å². The zero-order chi connectivity index (χ0) is 15.4. The van der Waals surface area contributed by atoms with Crippen LogP contribution in [0.25, 0.3) is 0 Å². The molecule has 0 aromatic heterocycles. The van der Waals surface area contributed by atoms with Gasteiger partial charge in [-0.1, -0.05) is 36.4 Å². The maximum absolute atomic E-state index is 12.1. The third-order valence-electron chi connectivity index (χ3n) is 4.09. The molecule has 1 aliphatic carbocycles. The molecule has 22 heavy (non-hydrogen) atoms. The van der Waals surface area contributed by atoms with Gasteiger partial charge in [0.25, 0.3) is 0 Å². The van der Waals surface area contributed by atoms with Crippen molar-refractivity contribution in [2.24, 2.45) is 0 Å². The van der Waals surface area contributed by atoms with Crippen molar-refractivity contribution in [3.8, 4) is 5.75 Å². The maximum Gasteiger partial charge on any atom is 0.351 e. The first-order valence-electron chi connectivity index (χ1n) is 7.69. The molecule has 0 spiro atoms. The molecule has 0 N–H and O–H groups in total. The summed E-state index contributed by atoms with van der Waals surface area (Å²) in [6.07, 6.45) is 3.96. The number of ether oxygens (including phenoxy) is 2. The SMILES string of the molecule is COC(=O)C(Oc1ccc2c(c1)CCCC2)c1ccccc1. The van der Waals surface area contributed by atoms with Crippen LogP contribution in [0.4, 0.5) is 0 Å². The number of aryl methyl sites for hydroxylation is 2. The second-order valence-corrected chi connectivity index (χ2v) is 5.57. The van der Waals surface area contributed by atoms with E-state index in [2.05, 4.69) is 12.1 Å². The van der Waals surface area contributed by atoms with E-state index < -0.39 is 6.10 Å². The number of rotatable bonds is 4. The first kappa shape index (κ1) is 14.6. The Balaban J connectivity index is 1.86. The van der Waals surface area contributed by atoms with Crippen LogP contribution in [0, 0.1) is 0 Å². The Bertz CT molecular complexity index is 649. The largest absolute Gasteiger partial charge is 0.474 e. The number of hydrogen-bond donors (Lipinski definition) is 0. The maximum atomic E-state index is 12.1. The predicted octanol–water partition coefficient (Wildman–Crippen LogP) is 3.86. The van der Waals surface area contributed by atoms with Gasteiger partial charge in [-0.05, 0) is 48.9 Å². The van der Waals surface area contributed by atoms with Gasteiger partial charge in [0.2, 0.25) is 6.10 Å². The molecule has 114 valence electrons. The second kappa shape index (κ2) is 6.65. The topological polar surface area (TPSA) is 35.5 Å². The summed E-state index contributed by atoms with van der Waals surface area (Å²) in [4.78, 5) is 12.1. The molecule has 1 atom stereocenters. The Hall–Kier alpha value is -2.29. The van der Waals surface area contributed by atoms with E-state index in [-0.39, 0.29) is 5.97 Å². The lowest BCUT2D eigenvalue weighted by Crippen LogP contribution is -2.20. The van der Waals surface area contributed by atoms with E-state index in [4.69, 9.17) is 9.47 Å². The van der Waals surface area contributed by atoms with Crippen LogP contribution in [0.15, 0.2) is 48.5 Å². The average molecular weight is 296 g/mol. The highest BCUT2D eigenvalue weighted by Gasteiger charge is 2.23. The second-order valence-electron chi connectivity index (χ2n) is 5.57. The number of carbonyl (C=O) groups is 1. The van der Waals surface area contributed by atoms with Crippen LogP contribution < -0.4 is 4.74 Å². The Morgan fingerprint density at radius 3 is 2.45 bits per heavy atom. The number of benzene rings is 2. The number of esters is 1. The Morgan fingerprint density at radius 1 is 1.00 bits per heavy atom. The van der Waals surface area contributed by atoms with Crippen LogP contribution in [0.3, 0.4) is 0 Å². The van der Waals surface area contributed by atoms with Gasteiger partial charge in [-0.2, -0.15) is 0 Å². The van der Waals surface area contributed by atoms with E-state index in [0.717, 1.165) is 24.2 Å². The molecule has 0 fully saturated rings. The van der Waals surface area contributed by atoms with E-state index in [1.165, 1.54) is 31.1 Å². The van der Waals surface area contributed by atoms with E-state index >= 15 is 0 Å². The lowest BCUT2D eigenvalue weighted by molar-refractivity contribution is -0.149. The Kier molecular flexibility index (Phi) is 4.42. The number of carbonyl (C=O) groups excluding carboxylic acids is 1. The van der Waals surface area contributed by atoms with Crippen LogP contribution >= 0.6 is 0 Å². The molecule has 2 aromatic rings. The first-order chi connectivity index (χ1) is 10.8. The van der Waals surface area contributed by atoms with Crippen molar-refractivity contribution in [3.05, 3.63) is 65.2 Å². The molecule has 0 saturated heterocycles. The van der Waals surface area contributed by atoms with Crippen molar-refractivity contribution >= 4 is 5.97 Å². The van der Waals surface area contributed by atoms with Crippen molar-refractivity contribution in [3.63, 3.8) is 0 Å². The van der Waals surface area contributed by atoms with Crippen LogP contribution in [-0.4, -0.2) is 13.1 Å². The van der Waals surface area contributed by atoms with E-state index in [1.54, 1.807) is 0 Å². The van der Waals surface area contributed by atoms with Crippen molar-refractivity contribution in [2.75, 3.05) is 7.11 Å². The quantitative estimate of drug-likeness (QED) is 0.804. The summed E-state index contributed by atoms with van der Waals surface area (Å²) in [6, 6.07) is 15.6. The molecule has 0 radical (unpaired) electrons. The zero-order valence-electron chi connectivity index (χ0n) is 12.7. The summed E-state index contributed by atoms with van der Waals surface area (Å²) in [7, 11) is 1.38. The summed E-state index contributed by atoms with van der Waals surface area (Å²) in [6.45, 7) is 0. The first-order valence-corrected chi connectivity index (χ1v) is 7.69. The summed E-state index contributed by atoms with van der Waals surface area (Å²) >= 11 is 0. The normalized spacial score (nSPS) is 14.8. The van der Waals surface area contributed by atoms with Gasteiger partial charge in [-0.25, -0.2) is 4.79 Å². The highest BCUT2D eigenvalue weighted by Crippen LogP contribution is 2.28. The fourth-order valence-electron chi connectivity index (χ4n) is 2.91. The molecule has 3 nitrogen and oxygen atoms in total. The molecule has 1 unspecified atom stereocenters. The molecule has 0 bridgehead atoms. The van der Waals surface area contributed by atoms with E-state index in [1.807, 2.05) is 36.4 Å². The van der Waals surface area contributed by atoms with Gasteiger partial charge in [0.05, 0.1) is 7.11 Å².